The van der Waals surface area contributed by atoms with Gasteiger partial charge in [-0.2, -0.15) is 5.10 Å². The summed E-state index contributed by atoms with van der Waals surface area (Å²) in [5, 5.41) is 4.77. The number of carbonyl (C=O) groups is 1. The molecule has 3 aromatic rings. The number of hydrogen-bond acceptors (Lipinski definition) is 4. The summed E-state index contributed by atoms with van der Waals surface area (Å²) in [5.41, 5.74) is 7.61. The summed E-state index contributed by atoms with van der Waals surface area (Å²) in [5.74, 6) is 1.08. The van der Waals surface area contributed by atoms with Gasteiger partial charge in [0, 0.05) is 10.6 Å². The fourth-order valence-corrected chi connectivity index (χ4v) is 4.12. The Labute approximate surface area is 213 Å². The Morgan fingerprint density at radius 2 is 1.88 bits per heavy atom. The molecular weight excluding hydrogens is 551 g/mol. The van der Waals surface area contributed by atoms with E-state index in [0.29, 0.717) is 29.7 Å². The Morgan fingerprint density at radius 1 is 1.09 bits per heavy atom. The molecule has 33 heavy (non-hydrogen) atoms. The normalized spacial score (nSPS) is 10.9. The van der Waals surface area contributed by atoms with Crippen LogP contribution >= 0.6 is 34.2 Å². The van der Waals surface area contributed by atoms with E-state index in [1.165, 1.54) is 11.1 Å². The summed E-state index contributed by atoms with van der Waals surface area (Å²) < 4.78 is 12.7. The molecular formula is C26H26ClIN2O3. The first-order valence-electron chi connectivity index (χ1n) is 10.6. The van der Waals surface area contributed by atoms with Gasteiger partial charge in [0.15, 0.2) is 11.5 Å². The number of nitrogens with zero attached hydrogens (tertiary/aromatic N) is 1. The molecule has 0 aromatic heterocycles. The van der Waals surface area contributed by atoms with Crippen molar-refractivity contribution in [2.24, 2.45) is 5.10 Å². The summed E-state index contributed by atoms with van der Waals surface area (Å²) in [4.78, 5) is 12.3. The van der Waals surface area contributed by atoms with Crippen LogP contribution in [0.2, 0.25) is 5.02 Å². The van der Waals surface area contributed by atoms with Gasteiger partial charge in [0.25, 0.3) is 0 Å². The Morgan fingerprint density at radius 3 is 2.61 bits per heavy atom. The highest BCUT2D eigenvalue weighted by Gasteiger charge is 2.13. The van der Waals surface area contributed by atoms with E-state index in [4.69, 9.17) is 21.1 Å². The molecule has 7 heteroatoms. The molecule has 0 aliphatic carbocycles. The van der Waals surface area contributed by atoms with Crippen molar-refractivity contribution in [3.63, 3.8) is 0 Å². The molecule has 172 valence electrons. The monoisotopic (exact) mass is 576 g/mol. The summed E-state index contributed by atoms with van der Waals surface area (Å²) in [6, 6.07) is 17.3. The van der Waals surface area contributed by atoms with Crippen LogP contribution in [0.3, 0.4) is 0 Å². The Hall–Kier alpha value is -2.58. The molecule has 0 unspecified atom stereocenters. The molecule has 1 N–H and O–H groups in total. The number of ether oxygens (including phenoxy) is 2. The van der Waals surface area contributed by atoms with E-state index < -0.39 is 0 Å². The summed E-state index contributed by atoms with van der Waals surface area (Å²) in [7, 11) is 0. The first-order chi connectivity index (χ1) is 15.9. The van der Waals surface area contributed by atoms with E-state index in [2.05, 4.69) is 40.0 Å². The Kier molecular flexibility index (Phi) is 9.14. The van der Waals surface area contributed by atoms with Crippen molar-refractivity contribution in [2.75, 3.05) is 6.61 Å². The number of hydrazone groups is 1. The van der Waals surface area contributed by atoms with Gasteiger partial charge in [-0.3, -0.25) is 4.79 Å². The van der Waals surface area contributed by atoms with E-state index in [9.17, 15) is 4.79 Å². The number of carbonyl (C=O) groups excluding carboxylic acids is 1. The van der Waals surface area contributed by atoms with E-state index in [-0.39, 0.29) is 12.3 Å². The van der Waals surface area contributed by atoms with Crippen molar-refractivity contribution in [1.82, 2.24) is 5.43 Å². The molecule has 0 radical (unpaired) electrons. The molecule has 5 nitrogen and oxygen atoms in total. The Bertz CT molecular complexity index is 1160. The van der Waals surface area contributed by atoms with Gasteiger partial charge in [-0.15, -0.1) is 0 Å². The number of nitrogens with one attached hydrogen (secondary N) is 1. The molecule has 1 amide bonds. The molecule has 3 aromatic carbocycles. The lowest BCUT2D eigenvalue weighted by Gasteiger charge is -2.15. The first-order valence-corrected chi connectivity index (χ1v) is 12.0. The molecule has 0 aliphatic rings. The minimum atomic E-state index is -0.172. The molecule has 0 atom stereocenters. The highest BCUT2D eigenvalue weighted by atomic mass is 127. The third-order valence-corrected chi connectivity index (χ3v) is 6.17. The van der Waals surface area contributed by atoms with Crippen LogP contribution in [-0.2, 0) is 17.8 Å². The molecule has 0 spiro atoms. The molecule has 0 fully saturated rings. The average molecular weight is 577 g/mol. The minimum absolute atomic E-state index is 0.172. The zero-order chi connectivity index (χ0) is 23.8. The standard InChI is InChI=1S/C26H26ClIN2O3/c1-4-32-24-13-20(12-23(28)26(24)33-16-21-7-5-6-8-22(21)27)15-29-30-25(31)14-19-10-9-17(2)18(3)11-19/h5-13,15H,4,14,16H2,1-3H3,(H,30,31)/b29-15-. The highest BCUT2D eigenvalue weighted by Crippen LogP contribution is 2.35. The van der Waals surface area contributed by atoms with Crippen LogP contribution in [0.1, 0.15) is 34.7 Å². The maximum atomic E-state index is 12.3. The second kappa shape index (κ2) is 12.0. The lowest BCUT2D eigenvalue weighted by molar-refractivity contribution is -0.120. The fraction of sp³-hybridized carbons (Fsp3) is 0.231. The summed E-state index contributed by atoms with van der Waals surface area (Å²) in [6.07, 6.45) is 1.87. The number of benzene rings is 3. The third-order valence-electron chi connectivity index (χ3n) is 5.00. The molecule has 0 saturated carbocycles. The van der Waals surface area contributed by atoms with Crippen molar-refractivity contribution in [1.29, 1.82) is 0 Å². The van der Waals surface area contributed by atoms with Gasteiger partial charge in [-0.25, -0.2) is 5.43 Å². The lowest BCUT2D eigenvalue weighted by atomic mass is 10.0. The predicted octanol–water partition coefficient (Wildman–Crippen LogP) is 6.23. The lowest BCUT2D eigenvalue weighted by Crippen LogP contribution is -2.19. The zero-order valence-corrected chi connectivity index (χ0v) is 21.7. The van der Waals surface area contributed by atoms with Crippen molar-refractivity contribution in [2.45, 2.75) is 33.8 Å². The number of hydrogen-bond donors (Lipinski definition) is 1. The Balaban J connectivity index is 1.67. The molecule has 0 saturated heterocycles. The van der Waals surface area contributed by atoms with E-state index >= 15 is 0 Å². The quantitative estimate of drug-likeness (QED) is 0.187. The van der Waals surface area contributed by atoms with Crippen LogP contribution in [0.15, 0.2) is 59.7 Å². The van der Waals surface area contributed by atoms with Crippen molar-refractivity contribution in [3.05, 3.63) is 91.0 Å². The van der Waals surface area contributed by atoms with Crippen LogP contribution in [0.5, 0.6) is 11.5 Å². The number of aryl methyl sites for hydroxylation is 2. The van der Waals surface area contributed by atoms with Crippen molar-refractivity contribution >= 4 is 46.3 Å². The van der Waals surface area contributed by atoms with Crippen LogP contribution < -0.4 is 14.9 Å². The van der Waals surface area contributed by atoms with Crippen molar-refractivity contribution < 1.29 is 14.3 Å². The average Bonchev–Trinajstić information content (AvgIpc) is 2.77. The second-order valence-corrected chi connectivity index (χ2v) is 9.10. The highest BCUT2D eigenvalue weighted by molar-refractivity contribution is 14.1. The van der Waals surface area contributed by atoms with Gasteiger partial charge in [0.05, 0.1) is 22.8 Å². The van der Waals surface area contributed by atoms with Gasteiger partial charge in [0.1, 0.15) is 6.61 Å². The molecule has 0 bridgehead atoms. The summed E-state index contributed by atoms with van der Waals surface area (Å²) in [6.45, 7) is 6.82. The minimum Gasteiger partial charge on any atom is -0.490 e. The van der Waals surface area contributed by atoms with Crippen LogP contribution in [0.4, 0.5) is 0 Å². The van der Waals surface area contributed by atoms with Crippen LogP contribution in [0, 0.1) is 17.4 Å². The number of rotatable bonds is 9. The van der Waals surface area contributed by atoms with E-state index in [1.807, 2.05) is 68.4 Å². The van der Waals surface area contributed by atoms with Gasteiger partial charge >= 0.3 is 0 Å². The topological polar surface area (TPSA) is 59.9 Å². The van der Waals surface area contributed by atoms with Gasteiger partial charge < -0.3 is 9.47 Å². The fourth-order valence-electron chi connectivity index (χ4n) is 3.15. The van der Waals surface area contributed by atoms with Crippen LogP contribution in [0.25, 0.3) is 0 Å². The maximum Gasteiger partial charge on any atom is 0.244 e. The predicted molar refractivity (Wildman–Crippen MR) is 141 cm³/mol. The molecule has 0 heterocycles. The molecule has 3 rings (SSSR count). The van der Waals surface area contributed by atoms with Crippen molar-refractivity contribution in [3.8, 4) is 11.5 Å². The van der Waals surface area contributed by atoms with Gasteiger partial charge in [-0.1, -0.05) is 48.0 Å². The number of amides is 1. The number of halogens is 2. The molecule has 0 aliphatic heterocycles. The van der Waals surface area contributed by atoms with Gasteiger partial charge in [0.2, 0.25) is 5.91 Å². The third kappa shape index (κ3) is 7.20. The summed E-state index contributed by atoms with van der Waals surface area (Å²) >= 11 is 8.44. The second-order valence-electron chi connectivity index (χ2n) is 7.53. The van der Waals surface area contributed by atoms with E-state index in [1.54, 1.807) is 6.21 Å². The van der Waals surface area contributed by atoms with Crippen LogP contribution in [-0.4, -0.2) is 18.7 Å². The zero-order valence-electron chi connectivity index (χ0n) is 18.8. The van der Waals surface area contributed by atoms with E-state index in [0.717, 1.165) is 20.3 Å². The SMILES string of the molecule is CCOc1cc(/C=N\NC(=O)Cc2ccc(C)c(C)c2)cc(I)c1OCc1ccccc1Cl. The van der Waals surface area contributed by atoms with Gasteiger partial charge in [-0.05, 0) is 83.8 Å². The maximum absolute atomic E-state index is 12.3. The smallest absolute Gasteiger partial charge is 0.244 e. The first kappa shape index (κ1) is 25.1. The largest absolute Gasteiger partial charge is 0.490 e.